The van der Waals surface area contributed by atoms with Gasteiger partial charge < -0.3 is 9.73 Å². The summed E-state index contributed by atoms with van der Waals surface area (Å²) in [5.74, 6) is 0.811. The number of carbonyl (C=O) groups excluding carboxylic acids is 1. The van der Waals surface area contributed by atoms with Crippen molar-refractivity contribution in [2.75, 3.05) is 0 Å². The zero-order valence-electron chi connectivity index (χ0n) is 13.3. The van der Waals surface area contributed by atoms with Crippen LogP contribution in [-0.4, -0.2) is 5.91 Å². The smallest absolute Gasteiger partial charge is 0.224 e. The van der Waals surface area contributed by atoms with Crippen molar-refractivity contribution < 1.29 is 9.21 Å². The third-order valence-corrected chi connectivity index (χ3v) is 4.87. The normalized spacial score (nSPS) is 18.1. The van der Waals surface area contributed by atoms with Gasteiger partial charge in [0, 0.05) is 5.41 Å². The fraction of sp³-hybridized carbons (Fsp3) is 0.190. The predicted octanol–water partition coefficient (Wildman–Crippen LogP) is 3.90. The number of benzene rings is 2. The van der Waals surface area contributed by atoms with E-state index < -0.39 is 0 Å². The molecule has 0 bridgehead atoms. The summed E-state index contributed by atoms with van der Waals surface area (Å²) in [7, 11) is 0. The van der Waals surface area contributed by atoms with Crippen molar-refractivity contribution in [3.8, 4) is 0 Å². The van der Waals surface area contributed by atoms with Gasteiger partial charge >= 0.3 is 0 Å². The van der Waals surface area contributed by atoms with Gasteiger partial charge in [-0.15, -0.1) is 0 Å². The average molecular weight is 317 g/mol. The van der Waals surface area contributed by atoms with Crippen LogP contribution in [0.5, 0.6) is 0 Å². The van der Waals surface area contributed by atoms with Crippen molar-refractivity contribution in [3.63, 3.8) is 0 Å². The van der Waals surface area contributed by atoms with Gasteiger partial charge in [-0.05, 0) is 29.7 Å². The minimum Gasteiger partial charge on any atom is -0.467 e. The SMILES string of the molecule is O=C(NCc1ccco1)[C@@H]1CC1(c1ccccc1)c1ccccc1. The third kappa shape index (κ3) is 2.52. The first-order chi connectivity index (χ1) is 11.8. The fourth-order valence-corrected chi connectivity index (χ4v) is 3.57. The quantitative estimate of drug-likeness (QED) is 0.775. The molecule has 1 heterocycles. The Bertz CT molecular complexity index is 770. The minimum atomic E-state index is -0.213. The van der Waals surface area contributed by atoms with E-state index >= 15 is 0 Å². The Kier molecular flexibility index (Phi) is 3.69. The maximum Gasteiger partial charge on any atom is 0.224 e. The van der Waals surface area contributed by atoms with Crippen LogP contribution in [0.4, 0.5) is 0 Å². The third-order valence-electron chi connectivity index (χ3n) is 4.87. The van der Waals surface area contributed by atoms with Crippen LogP contribution in [-0.2, 0) is 16.8 Å². The molecule has 1 N–H and O–H groups in total. The van der Waals surface area contributed by atoms with E-state index in [1.54, 1.807) is 6.26 Å². The summed E-state index contributed by atoms with van der Waals surface area (Å²) in [6, 6.07) is 24.3. The Morgan fingerprint density at radius 3 is 2.12 bits per heavy atom. The van der Waals surface area contributed by atoms with E-state index in [9.17, 15) is 4.79 Å². The van der Waals surface area contributed by atoms with Crippen molar-refractivity contribution in [1.82, 2.24) is 5.32 Å². The molecule has 1 amide bonds. The molecule has 120 valence electrons. The van der Waals surface area contributed by atoms with Crippen LogP contribution in [0.2, 0.25) is 0 Å². The molecule has 0 spiro atoms. The molecule has 24 heavy (non-hydrogen) atoms. The fourth-order valence-electron chi connectivity index (χ4n) is 3.57. The lowest BCUT2D eigenvalue weighted by molar-refractivity contribution is -0.122. The van der Waals surface area contributed by atoms with Gasteiger partial charge in [0.15, 0.2) is 0 Å². The zero-order valence-corrected chi connectivity index (χ0v) is 13.3. The summed E-state index contributed by atoms with van der Waals surface area (Å²) in [6.07, 6.45) is 2.46. The predicted molar refractivity (Wildman–Crippen MR) is 92.3 cm³/mol. The van der Waals surface area contributed by atoms with Crippen LogP contribution in [0, 0.1) is 5.92 Å². The molecule has 2 aromatic carbocycles. The van der Waals surface area contributed by atoms with E-state index in [-0.39, 0.29) is 17.2 Å². The van der Waals surface area contributed by atoms with E-state index in [2.05, 4.69) is 29.6 Å². The van der Waals surface area contributed by atoms with Crippen molar-refractivity contribution in [2.45, 2.75) is 18.4 Å². The van der Waals surface area contributed by atoms with E-state index in [1.165, 1.54) is 11.1 Å². The molecule has 0 aliphatic heterocycles. The van der Waals surface area contributed by atoms with Gasteiger partial charge in [0.25, 0.3) is 0 Å². The van der Waals surface area contributed by atoms with Crippen LogP contribution < -0.4 is 5.32 Å². The molecule has 3 heteroatoms. The number of carbonyl (C=O) groups is 1. The van der Waals surface area contributed by atoms with E-state index in [0.717, 1.165) is 12.2 Å². The first kappa shape index (κ1) is 14.8. The Hall–Kier alpha value is -2.81. The highest BCUT2D eigenvalue weighted by molar-refractivity contribution is 5.86. The molecular weight excluding hydrogens is 298 g/mol. The van der Waals surface area contributed by atoms with Crippen molar-refractivity contribution in [3.05, 3.63) is 95.9 Å². The lowest BCUT2D eigenvalue weighted by Crippen LogP contribution is -2.28. The first-order valence-corrected chi connectivity index (χ1v) is 8.22. The molecule has 0 unspecified atom stereocenters. The average Bonchev–Trinajstić information content (AvgIpc) is 3.20. The number of hydrogen-bond donors (Lipinski definition) is 1. The van der Waals surface area contributed by atoms with Crippen molar-refractivity contribution >= 4 is 5.91 Å². The highest BCUT2D eigenvalue weighted by atomic mass is 16.3. The maximum absolute atomic E-state index is 12.7. The van der Waals surface area contributed by atoms with E-state index in [1.807, 2.05) is 48.5 Å². The Morgan fingerprint density at radius 2 is 1.58 bits per heavy atom. The van der Waals surface area contributed by atoms with Crippen LogP contribution in [0.25, 0.3) is 0 Å². The Labute approximate surface area is 141 Å². The lowest BCUT2D eigenvalue weighted by atomic mass is 9.85. The van der Waals surface area contributed by atoms with Crippen LogP contribution in [0.1, 0.15) is 23.3 Å². The second kappa shape index (κ2) is 6.00. The van der Waals surface area contributed by atoms with Crippen LogP contribution >= 0.6 is 0 Å². The van der Waals surface area contributed by atoms with Gasteiger partial charge in [-0.25, -0.2) is 0 Å². The standard InChI is InChI=1S/C21H19NO2/c23-20(22-15-18-12-7-13-24-18)19-14-21(19,16-8-3-1-4-9-16)17-10-5-2-6-11-17/h1-13,19H,14-15H2,(H,22,23)/t19-/m0/s1. The van der Waals surface area contributed by atoms with Gasteiger partial charge in [-0.2, -0.15) is 0 Å². The molecule has 0 radical (unpaired) electrons. The Morgan fingerprint density at radius 1 is 0.958 bits per heavy atom. The summed E-state index contributed by atoms with van der Waals surface area (Å²) < 4.78 is 5.29. The van der Waals surface area contributed by atoms with Crippen LogP contribution in [0.15, 0.2) is 83.5 Å². The molecule has 1 aromatic heterocycles. The van der Waals surface area contributed by atoms with Gasteiger partial charge in [0.05, 0.1) is 18.7 Å². The number of hydrogen-bond acceptors (Lipinski definition) is 2. The van der Waals surface area contributed by atoms with E-state index in [0.29, 0.717) is 6.54 Å². The number of amides is 1. The monoisotopic (exact) mass is 317 g/mol. The van der Waals surface area contributed by atoms with Gasteiger partial charge in [0.2, 0.25) is 5.91 Å². The summed E-state index contributed by atoms with van der Waals surface area (Å²) in [4.78, 5) is 12.7. The molecule has 4 rings (SSSR count). The summed E-state index contributed by atoms with van der Waals surface area (Å²) in [5.41, 5.74) is 2.19. The van der Waals surface area contributed by atoms with Gasteiger partial charge in [-0.1, -0.05) is 60.7 Å². The summed E-state index contributed by atoms with van der Waals surface area (Å²) in [6.45, 7) is 0.433. The summed E-state index contributed by atoms with van der Waals surface area (Å²) >= 11 is 0. The lowest BCUT2D eigenvalue weighted by Gasteiger charge is -2.18. The number of rotatable bonds is 5. The molecular formula is C21H19NO2. The highest BCUT2D eigenvalue weighted by Gasteiger charge is 2.60. The molecule has 1 aliphatic carbocycles. The molecule has 1 fully saturated rings. The molecule has 1 atom stereocenters. The second-order valence-corrected chi connectivity index (χ2v) is 6.26. The highest BCUT2D eigenvalue weighted by Crippen LogP contribution is 2.58. The van der Waals surface area contributed by atoms with Crippen LogP contribution in [0.3, 0.4) is 0 Å². The van der Waals surface area contributed by atoms with Crippen molar-refractivity contribution in [2.24, 2.45) is 5.92 Å². The van der Waals surface area contributed by atoms with Gasteiger partial charge in [-0.3, -0.25) is 4.79 Å². The molecule has 3 aromatic rings. The molecule has 0 saturated heterocycles. The largest absolute Gasteiger partial charge is 0.467 e. The minimum absolute atomic E-state index is 0.0442. The van der Waals surface area contributed by atoms with Crippen molar-refractivity contribution in [1.29, 1.82) is 0 Å². The second-order valence-electron chi connectivity index (χ2n) is 6.26. The first-order valence-electron chi connectivity index (χ1n) is 8.22. The molecule has 3 nitrogen and oxygen atoms in total. The maximum atomic E-state index is 12.7. The summed E-state index contributed by atoms with van der Waals surface area (Å²) in [5, 5.41) is 3.01. The molecule has 1 aliphatic rings. The topological polar surface area (TPSA) is 42.2 Å². The Balaban J connectivity index is 1.59. The number of nitrogens with one attached hydrogen (secondary N) is 1. The van der Waals surface area contributed by atoms with Gasteiger partial charge in [0.1, 0.15) is 5.76 Å². The zero-order chi connectivity index (χ0) is 16.4. The molecule has 1 saturated carbocycles. The van der Waals surface area contributed by atoms with E-state index in [4.69, 9.17) is 4.42 Å². The number of furan rings is 1.